The van der Waals surface area contributed by atoms with Crippen LogP contribution in [0.1, 0.15) is 39.1 Å². The van der Waals surface area contributed by atoms with Crippen LogP contribution in [0.15, 0.2) is 42.5 Å². The number of fused-ring (bicyclic) bond motifs is 1. The number of hydrogen-bond acceptors (Lipinski definition) is 6. The Balaban J connectivity index is 1.51. The van der Waals surface area contributed by atoms with Crippen molar-refractivity contribution in [1.82, 2.24) is 10.2 Å². The molecule has 8 nitrogen and oxygen atoms in total. The number of benzene rings is 2. The van der Waals surface area contributed by atoms with Crippen molar-refractivity contribution >= 4 is 23.4 Å². The summed E-state index contributed by atoms with van der Waals surface area (Å²) in [5.74, 6) is -0.157. The average molecular weight is 452 g/mol. The molecule has 0 spiro atoms. The van der Waals surface area contributed by atoms with Gasteiger partial charge in [0.15, 0.2) is 0 Å². The van der Waals surface area contributed by atoms with Crippen LogP contribution in [0.5, 0.6) is 5.75 Å². The average Bonchev–Trinajstić information content (AvgIpc) is 3.10. The van der Waals surface area contributed by atoms with Gasteiger partial charge in [-0.15, -0.1) is 0 Å². The first-order chi connectivity index (χ1) is 16.0. The third-order valence-electron chi connectivity index (χ3n) is 6.28. The monoisotopic (exact) mass is 451 g/mol. The number of hydrogen-bond donors (Lipinski definition) is 2. The molecule has 1 atom stereocenters. The Morgan fingerprint density at radius 2 is 2.00 bits per heavy atom. The first kappa shape index (κ1) is 22.8. The van der Waals surface area contributed by atoms with Crippen LogP contribution in [0.25, 0.3) is 0 Å². The lowest BCUT2D eigenvalue weighted by atomic mass is 9.95. The number of nitrogens with one attached hydrogen (secondary N) is 1. The minimum atomic E-state index is -0.291. The predicted octanol–water partition coefficient (Wildman–Crippen LogP) is 1.86. The van der Waals surface area contributed by atoms with Crippen LogP contribution in [0, 0.1) is 5.92 Å². The number of methoxy groups -OCH3 is 1. The van der Waals surface area contributed by atoms with Crippen molar-refractivity contribution in [3.8, 4) is 5.75 Å². The fourth-order valence-corrected chi connectivity index (χ4v) is 4.58. The van der Waals surface area contributed by atoms with E-state index in [4.69, 9.17) is 9.84 Å². The maximum atomic E-state index is 13.3. The summed E-state index contributed by atoms with van der Waals surface area (Å²) in [5, 5.41) is 11.7. The van der Waals surface area contributed by atoms with Crippen LogP contribution in [-0.2, 0) is 11.2 Å². The van der Waals surface area contributed by atoms with Gasteiger partial charge in [0.1, 0.15) is 5.75 Å². The molecule has 3 amide bonds. The SMILES string of the molecule is COc1cccc(CCN2C(=O)c3cccc(N4CCCC(C(=O)NCCO)C4)c3C2=O)c1. The van der Waals surface area contributed by atoms with Gasteiger partial charge in [0.2, 0.25) is 5.91 Å². The van der Waals surface area contributed by atoms with E-state index in [1.165, 1.54) is 4.90 Å². The normalized spacial score (nSPS) is 17.8. The molecule has 2 aromatic rings. The molecule has 174 valence electrons. The molecule has 2 aliphatic heterocycles. The van der Waals surface area contributed by atoms with Gasteiger partial charge in [-0.25, -0.2) is 0 Å². The number of carbonyl (C=O) groups excluding carboxylic acids is 3. The highest BCUT2D eigenvalue weighted by atomic mass is 16.5. The quantitative estimate of drug-likeness (QED) is 0.595. The lowest BCUT2D eigenvalue weighted by molar-refractivity contribution is -0.125. The maximum Gasteiger partial charge on any atom is 0.263 e. The van der Waals surface area contributed by atoms with E-state index >= 15 is 0 Å². The molecule has 1 unspecified atom stereocenters. The Morgan fingerprint density at radius 3 is 2.79 bits per heavy atom. The summed E-state index contributed by atoms with van der Waals surface area (Å²) in [6, 6.07) is 12.9. The summed E-state index contributed by atoms with van der Waals surface area (Å²) in [5.41, 5.74) is 2.52. The number of carbonyl (C=O) groups is 3. The second-order valence-electron chi connectivity index (χ2n) is 8.36. The van der Waals surface area contributed by atoms with E-state index in [2.05, 4.69) is 5.32 Å². The van der Waals surface area contributed by atoms with Crippen LogP contribution in [0.2, 0.25) is 0 Å². The van der Waals surface area contributed by atoms with E-state index in [0.29, 0.717) is 36.3 Å². The smallest absolute Gasteiger partial charge is 0.263 e. The molecule has 4 rings (SSSR count). The van der Waals surface area contributed by atoms with Crippen LogP contribution in [-0.4, -0.2) is 67.6 Å². The number of anilines is 1. The Kier molecular flexibility index (Phi) is 6.93. The molecule has 2 aliphatic rings. The number of nitrogens with zero attached hydrogens (tertiary/aromatic N) is 2. The molecule has 0 radical (unpaired) electrons. The van der Waals surface area contributed by atoms with Gasteiger partial charge in [0.05, 0.1) is 36.4 Å². The Hall–Kier alpha value is -3.39. The van der Waals surface area contributed by atoms with E-state index in [-0.39, 0.29) is 43.3 Å². The first-order valence-electron chi connectivity index (χ1n) is 11.3. The third kappa shape index (κ3) is 4.71. The molecule has 2 aromatic carbocycles. The molecule has 8 heteroatoms. The molecule has 0 bridgehead atoms. The summed E-state index contributed by atoms with van der Waals surface area (Å²) < 4.78 is 5.26. The lowest BCUT2D eigenvalue weighted by Gasteiger charge is -2.34. The third-order valence-corrected chi connectivity index (χ3v) is 6.28. The van der Waals surface area contributed by atoms with E-state index in [1.54, 1.807) is 19.2 Å². The molecule has 2 heterocycles. The highest BCUT2D eigenvalue weighted by molar-refractivity contribution is 6.23. The number of aliphatic hydroxyl groups is 1. The summed E-state index contributed by atoms with van der Waals surface area (Å²) in [6.45, 7) is 1.59. The zero-order chi connectivity index (χ0) is 23.4. The van der Waals surface area contributed by atoms with Crippen LogP contribution >= 0.6 is 0 Å². The van der Waals surface area contributed by atoms with E-state index in [9.17, 15) is 14.4 Å². The van der Waals surface area contributed by atoms with Gasteiger partial charge in [-0.3, -0.25) is 19.3 Å². The Labute approximate surface area is 193 Å². The van der Waals surface area contributed by atoms with Gasteiger partial charge in [0.25, 0.3) is 11.8 Å². The molecule has 0 aliphatic carbocycles. The van der Waals surface area contributed by atoms with Gasteiger partial charge >= 0.3 is 0 Å². The number of piperidine rings is 1. The number of imide groups is 1. The van der Waals surface area contributed by atoms with Crippen molar-refractivity contribution in [2.75, 3.05) is 44.8 Å². The summed E-state index contributed by atoms with van der Waals surface area (Å²) in [6.07, 6.45) is 2.10. The standard InChI is InChI=1S/C25H29N3O5/c1-33-19-7-2-5-17(15-19)10-13-28-24(31)20-8-3-9-21(22(20)25(28)32)27-12-4-6-18(16-27)23(30)26-11-14-29/h2-3,5,7-9,15,18,29H,4,6,10-14,16H2,1H3,(H,26,30). The maximum absolute atomic E-state index is 13.3. The summed E-state index contributed by atoms with van der Waals surface area (Å²) in [7, 11) is 1.60. The van der Waals surface area contributed by atoms with Crippen LogP contribution in [0.3, 0.4) is 0 Å². The fourth-order valence-electron chi connectivity index (χ4n) is 4.58. The van der Waals surface area contributed by atoms with Crippen molar-refractivity contribution in [3.05, 3.63) is 59.2 Å². The van der Waals surface area contributed by atoms with Crippen molar-refractivity contribution in [3.63, 3.8) is 0 Å². The van der Waals surface area contributed by atoms with Gasteiger partial charge in [-0.2, -0.15) is 0 Å². The second-order valence-corrected chi connectivity index (χ2v) is 8.36. The molecule has 33 heavy (non-hydrogen) atoms. The second kappa shape index (κ2) is 10.0. The van der Waals surface area contributed by atoms with Crippen molar-refractivity contribution < 1.29 is 24.2 Å². The molecule has 2 N–H and O–H groups in total. The largest absolute Gasteiger partial charge is 0.497 e. The molecule has 1 fully saturated rings. The summed E-state index contributed by atoms with van der Waals surface area (Å²) in [4.78, 5) is 42.1. The van der Waals surface area contributed by atoms with E-state index < -0.39 is 0 Å². The molecule has 1 saturated heterocycles. The number of ether oxygens (including phenoxy) is 1. The molecule has 0 saturated carbocycles. The molecular weight excluding hydrogens is 422 g/mol. The molecular formula is C25H29N3O5. The van der Waals surface area contributed by atoms with Crippen LogP contribution in [0.4, 0.5) is 5.69 Å². The van der Waals surface area contributed by atoms with E-state index in [1.807, 2.05) is 35.2 Å². The minimum absolute atomic E-state index is 0.0938. The van der Waals surface area contributed by atoms with Crippen molar-refractivity contribution in [1.29, 1.82) is 0 Å². The zero-order valence-electron chi connectivity index (χ0n) is 18.8. The lowest BCUT2D eigenvalue weighted by Crippen LogP contribution is -2.44. The predicted molar refractivity (Wildman–Crippen MR) is 124 cm³/mol. The number of amides is 3. The Bertz CT molecular complexity index is 1050. The molecule has 0 aromatic heterocycles. The fraction of sp³-hybridized carbons (Fsp3) is 0.400. The minimum Gasteiger partial charge on any atom is -0.497 e. The summed E-state index contributed by atoms with van der Waals surface area (Å²) >= 11 is 0. The topological polar surface area (TPSA) is 99.2 Å². The van der Waals surface area contributed by atoms with Crippen molar-refractivity contribution in [2.45, 2.75) is 19.3 Å². The highest BCUT2D eigenvalue weighted by Gasteiger charge is 2.39. The Morgan fingerprint density at radius 1 is 1.18 bits per heavy atom. The van der Waals surface area contributed by atoms with Crippen LogP contribution < -0.4 is 15.0 Å². The van der Waals surface area contributed by atoms with Gasteiger partial charge in [-0.1, -0.05) is 18.2 Å². The van der Waals surface area contributed by atoms with E-state index in [0.717, 1.165) is 24.2 Å². The van der Waals surface area contributed by atoms with Crippen molar-refractivity contribution in [2.24, 2.45) is 5.92 Å². The zero-order valence-corrected chi connectivity index (χ0v) is 18.8. The van der Waals surface area contributed by atoms with Gasteiger partial charge in [0, 0.05) is 26.2 Å². The number of rotatable bonds is 8. The highest BCUT2D eigenvalue weighted by Crippen LogP contribution is 2.34. The first-order valence-corrected chi connectivity index (χ1v) is 11.3. The van der Waals surface area contributed by atoms with Gasteiger partial charge < -0.3 is 20.1 Å². The number of aliphatic hydroxyl groups excluding tert-OH is 1. The van der Waals surface area contributed by atoms with Gasteiger partial charge in [-0.05, 0) is 49.1 Å².